The molecule has 0 atom stereocenters. The van der Waals surface area contributed by atoms with Gasteiger partial charge in [0.2, 0.25) is 5.88 Å². The summed E-state index contributed by atoms with van der Waals surface area (Å²) in [7, 11) is 0. The first-order chi connectivity index (χ1) is 8.24. The number of aryl methyl sites for hydroxylation is 1. The van der Waals surface area contributed by atoms with E-state index in [4.69, 9.17) is 0 Å². The number of hydrogen-bond donors (Lipinski definition) is 2. The van der Waals surface area contributed by atoms with Crippen LogP contribution in [0.15, 0.2) is 36.4 Å². The van der Waals surface area contributed by atoms with Crippen molar-refractivity contribution in [1.82, 2.24) is 15.0 Å². The number of nitrogens with zero attached hydrogens (tertiary/aromatic N) is 2. The molecule has 2 N–H and O–H groups in total. The lowest BCUT2D eigenvalue weighted by molar-refractivity contribution is 0.450. The maximum Gasteiger partial charge on any atom is 0.241 e. The number of hydrogen-bond acceptors (Lipinski definition) is 3. The number of H-pyrrole nitrogens is 1. The minimum absolute atomic E-state index is 0.0292. The van der Waals surface area contributed by atoms with Crippen molar-refractivity contribution in [3.63, 3.8) is 0 Å². The number of rotatable bonds is 1. The van der Waals surface area contributed by atoms with E-state index < -0.39 is 0 Å². The average Bonchev–Trinajstić information content (AvgIpc) is 2.74. The fraction of sp³-hybridized carbons (Fsp3) is 0.0769. The van der Waals surface area contributed by atoms with Crippen LogP contribution in [-0.2, 0) is 0 Å². The van der Waals surface area contributed by atoms with E-state index in [-0.39, 0.29) is 5.88 Å². The quantitative estimate of drug-likeness (QED) is 0.669. The van der Waals surface area contributed by atoms with Crippen molar-refractivity contribution in [2.24, 2.45) is 0 Å². The Morgan fingerprint density at radius 2 is 1.88 bits per heavy atom. The standard InChI is InChI=1S/C13H11N3O/c1-8-14-11-7-10(9-5-3-2-4-6-9)16-12(11)13(17)15-8/h2-7,17H,1H3,(H,14,15). The molecule has 2 aliphatic heterocycles. The van der Waals surface area contributed by atoms with E-state index >= 15 is 0 Å². The number of aromatic nitrogens is 3. The normalized spacial score (nSPS) is 10.9. The third kappa shape index (κ3) is 1.63. The molecule has 4 nitrogen and oxygen atoms in total. The zero-order chi connectivity index (χ0) is 11.8. The first-order valence-electron chi connectivity index (χ1n) is 5.36. The summed E-state index contributed by atoms with van der Waals surface area (Å²) in [5, 5.41) is 9.72. The molecule has 84 valence electrons. The molecule has 1 aromatic carbocycles. The summed E-state index contributed by atoms with van der Waals surface area (Å²) in [6.45, 7) is 1.80. The van der Waals surface area contributed by atoms with Gasteiger partial charge in [0.25, 0.3) is 0 Å². The Labute approximate surface area is 98.3 Å². The molecule has 0 spiro atoms. The van der Waals surface area contributed by atoms with Gasteiger partial charge in [0.15, 0.2) is 0 Å². The van der Waals surface area contributed by atoms with Gasteiger partial charge < -0.3 is 10.1 Å². The number of aromatic amines is 1. The van der Waals surface area contributed by atoms with E-state index in [9.17, 15) is 5.11 Å². The predicted molar refractivity (Wildman–Crippen MR) is 64.8 cm³/mol. The van der Waals surface area contributed by atoms with Crippen LogP contribution in [0, 0.1) is 6.92 Å². The van der Waals surface area contributed by atoms with E-state index in [1.165, 1.54) is 0 Å². The Morgan fingerprint density at radius 1 is 1.12 bits per heavy atom. The van der Waals surface area contributed by atoms with E-state index in [1.54, 1.807) is 6.92 Å². The van der Waals surface area contributed by atoms with Gasteiger partial charge in [0, 0.05) is 5.56 Å². The lowest BCUT2D eigenvalue weighted by Gasteiger charge is -2.01. The largest absolute Gasteiger partial charge is 0.492 e. The molecule has 17 heavy (non-hydrogen) atoms. The van der Waals surface area contributed by atoms with Gasteiger partial charge in [0.1, 0.15) is 11.5 Å². The highest BCUT2D eigenvalue weighted by Gasteiger charge is 2.16. The summed E-state index contributed by atoms with van der Waals surface area (Å²) in [6, 6.07) is 11.8. The predicted octanol–water partition coefficient (Wildman–Crippen LogP) is 2.59. The van der Waals surface area contributed by atoms with Crippen molar-refractivity contribution in [2.45, 2.75) is 6.92 Å². The number of nitrogens with one attached hydrogen (secondary N) is 1. The number of aromatic hydroxyl groups is 1. The SMILES string of the molecule is Cc1nc(O)c2nc(-c3ccccc3)cc-2[nH]1. The molecular formula is C13H11N3O. The molecule has 0 aliphatic carbocycles. The number of benzene rings is 1. The van der Waals surface area contributed by atoms with Gasteiger partial charge in [-0.15, -0.1) is 0 Å². The second-order valence-electron chi connectivity index (χ2n) is 3.92. The zero-order valence-electron chi connectivity index (χ0n) is 9.31. The van der Waals surface area contributed by atoms with E-state index in [1.807, 2.05) is 36.4 Å². The van der Waals surface area contributed by atoms with Crippen LogP contribution in [0.25, 0.3) is 22.6 Å². The molecule has 3 rings (SSSR count). The molecule has 0 unspecified atom stereocenters. The summed E-state index contributed by atoms with van der Waals surface area (Å²) in [5.41, 5.74) is 3.16. The first-order valence-corrected chi connectivity index (χ1v) is 5.36. The lowest BCUT2D eigenvalue weighted by atomic mass is 10.1. The molecular weight excluding hydrogens is 214 g/mol. The van der Waals surface area contributed by atoms with Gasteiger partial charge in [-0.25, -0.2) is 4.98 Å². The third-order valence-corrected chi connectivity index (χ3v) is 2.64. The van der Waals surface area contributed by atoms with Gasteiger partial charge >= 0.3 is 0 Å². The second kappa shape index (κ2) is 3.59. The lowest BCUT2D eigenvalue weighted by Crippen LogP contribution is -1.91. The van der Waals surface area contributed by atoms with Gasteiger partial charge in [-0.1, -0.05) is 30.3 Å². The van der Waals surface area contributed by atoms with Crippen LogP contribution in [0.2, 0.25) is 0 Å². The van der Waals surface area contributed by atoms with E-state index in [2.05, 4.69) is 15.0 Å². The summed E-state index contributed by atoms with van der Waals surface area (Å²) in [6.07, 6.45) is 0. The van der Waals surface area contributed by atoms with Crippen molar-refractivity contribution >= 4 is 0 Å². The highest BCUT2D eigenvalue weighted by Crippen LogP contribution is 2.31. The van der Waals surface area contributed by atoms with E-state index in [0.717, 1.165) is 17.0 Å². The highest BCUT2D eigenvalue weighted by atomic mass is 16.3. The summed E-state index contributed by atoms with van der Waals surface area (Å²) < 4.78 is 0. The van der Waals surface area contributed by atoms with Crippen LogP contribution < -0.4 is 0 Å². The molecule has 0 bridgehead atoms. The van der Waals surface area contributed by atoms with Crippen LogP contribution in [0.5, 0.6) is 5.88 Å². The van der Waals surface area contributed by atoms with Crippen molar-refractivity contribution in [2.75, 3.05) is 0 Å². The topological polar surface area (TPSA) is 61.8 Å². The zero-order valence-corrected chi connectivity index (χ0v) is 9.31. The third-order valence-electron chi connectivity index (χ3n) is 2.64. The van der Waals surface area contributed by atoms with Crippen LogP contribution in [-0.4, -0.2) is 20.1 Å². The maximum absolute atomic E-state index is 9.72. The molecule has 0 amide bonds. The average molecular weight is 225 g/mol. The Morgan fingerprint density at radius 3 is 2.65 bits per heavy atom. The molecule has 4 heteroatoms. The van der Waals surface area contributed by atoms with Crippen molar-refractivity contribution in [3.05, 3.63) is 42.2 Å². The Balaban J connectivity index is 2.21. The minimum atomic E-state index is -0.0292. The Bertz CT molecular complexity index is 631. The fourth-order valence-corrected chi connectivity index (χ4v) is 1.88. The van der Waals surface area contributed by atoms with Crippen LogP contribution in [0.1, 0.15) is 5.82 Å². The van der Waals surface area contributed by atoms with Gasteiger partial charge in [0.05, 0.1) is 11.4 Å². The Hall–Kier alpha value is -2.36. The summed E-state index contributed by atoms with van der Waals surface area (Å²) in [4.78, 5) is 11.4. The Kier molecular flexibility index (Phi) is 2.08. The van der Waals surface area contributed by atoms with E-state index in [0.29, 0.717) is 11.5 Å². The monoisotopic (exact) mass is 225 g/mol. The van der Waals surface area contributed by atoms with Gasteiger partial charge in [-0.05, 0) is 13.0 Å². The molecule has 0 radical (unpaired) electrons. The fourth-order valence-electron chi connectivity index (χ4n) is 1.88. The summed E-state index contributed by atoms with van der Waals surface area (Å²) >= 11 is 0. The van der Waals surface area contributed by atoms with Crippen molar-refractivity contribution in [1.29, 1.82) is 0 Å². The first kappa shape index (κ1) is 9.84. The second-order valence-corrected chi connectivity index (χ2v) is 3.92. The minimum Gasteiger partial charge on any atom is -0.492 e. The summed E-state index contributed by atoms with van der Waals surface area (Å²) in [5.74, 6) is 0.639. The van der Waals surface area contributed by atoms with Crippen molar-refractivity contribution in [3.8, 4) is 28.5 Å². The van der Waals surface area contributed by atoms with Gasteiger partial charge in [-0.2, -0.15) is 4.98 Å². The molecule has 2 heterocycles. The van der Waals surface area contributed by atoms with Crippen molar-refractivity contribution < 1.29 is 5.11 Å². The molecule has 0 aromatic heterocycles. The van der Waals surface area contributed by atoms with Crippen LogP contribution >= 0.6 is 0 Å². The number of fused-ring (bicyclic) bond motifs is 1. The van der Waals surface area contributed by atoms with Crippen LogP contribution in [0.4, 0.5) is 0 Å². The molecule has 2 aliphatic rings. The molecule has 1 aromatic rings. The smallest absolute Gasteiger partial charge is 0.241 e. The molecule has 0 saturated heterocycles. The highest BCUT2D eigenvalue weighted by molar-refractivity contribution is 5.73. The van der Waals surface area contributed by atoms with Gasteiger partial charge in [-0.3, -0.25) is 0 Å². The maximum atomic E-state index is 9.72. The van der Waals surface area contributed by atoms with Crippen LogP contribution in [0.3, 0.4) is 0 Å². The molecule has 0 fully saturated rings. The molecule has 0 saturated carbocycles.